The van der Waals surface area contributed by atoms with Crippen LogP contribution in [-0.2, 0) is 4.74 Å². The van der Waals surface area contributed by atoms with Gasteiger partial charge in [-0.2, -0.15) is 0 Å². The molecule has 0 amide bonds. The lowest BCUT2D eigenvalue weighted by atomic mass is 10.0. The number of hydrogen-bond acceptors (Lipinski definition) is 5. The number of aromatic nitrogens is 2. The number of nitrogens with zero attached hydrogens (tertiary/aromatic N) is 3. The topological polar surface area (TPSA) is 50.3 Å². The van der Waals surface area contributed by atoms with Gasteiger partial charge in [0.2, 0.25) is 0 Å². The molecule has 0 aromatic carbocycles. The smallest absolute Gasteiger partial charge is 0.137 e. The molecule has 1 aromatic heterocycles. The second-order valence-electron chi connectivity index (χ2n) is 5.96. The molecule has 0 radical (unpaired) electrons. The highest BCUT2D eigenvalue weighted by atomic mass is 16.5. The molecule has 0 unspecified atom stereocenters. The molecule has 2 heterocycles. The lowest BCUT2D eigenvalue weighted by Gasteiger charge is -2.34. The summed E-state index contributed by atoms with van der Waals surface area (Å²) in [6.07, 6.45) is 5.30. The lowest BCUT2D eigenvalue weighted by Crippen LogP contribution is -2.38. The molecule has 0 bridgehead atoms. The summed E-state index contributed by atoms with van der Waals surface area (Å²) in [5, 5.41) is 3.44. The highest BCUT2D eigenvalue weighted by Gasteiger charge is 2.24. The van der Waals surface area contributed by atoms with E-state index in [9.17, 15) is 0 Å². The zero-order valence-corrected chi connectivity index (χ0v) is 13.7. The zero-order chi connectivity index (χ0) is 15.2. The number of methoxy groups -OCH3 is 1. The monoisotopic (exact) mass is 292 g/mol. The quantitative estimate of drug-likeness (QED) is 0.873. The summed E-state index contributed by atoms with van der Waals surface area (Å²) < 4.78 is 5.46. The van der Waals surface area contributed by atoms with Gasteiger partial charge in [0.25, 0.3) is 0 Å². The van der Waals surface area contributed by atoms with Gasteiger partial charge in [0.05, 0.1) is 6.10 Å². The molecule has 0 spiro atoms. The van der Waals surface area contributed by atoms with E-state index < -0.39 is 0 Å². The summed E-state index contributed by atoms with van der Waals surface area (Å²) >= 11 is 0. The maximum Gasteiger partial charge on any atom is 0.137 e. The molecule has 118 valence electrons. The standard InChI is InChI=1S/C16H28N4O/c1-5-8-17-15-14(12(2)3)16(19-11-18-15)20-9-6-13(21-4)7-10-20/h11-13H,5-10H2,1-4H3,(H,17,18,19). The van der Waals surface area contributed by atoms with Crippen LogP contribution in [0.25, 0.3) is 0 Å². The minimum absolute atomic E-state index is 0.392. The molecular formula is C16H28N4O. The van der Waals surface area contributed by atoms with Gasteiger partial charge in [0, 0.05) is 32.3 Å². The Morgan fingerprint density at radius 3 is 2.62 bits per heavy atom. The molecule has 0 atom stereocenters. The first-order chi connectivity index (χ1) is 10.2. The molecule has 0 saturated carbocycles. The summed E-state index contributed by atoms with van der Waals surface area (Å²) in [5.74, 6) is 2.49. The Balaban J connectivity index is 2.22. The summed E-state index contributed by atoms with van der Waals surface area (Å²) in [4.78, 5) is 11.4. The molecule has 1 aromatic rings. The van der Waals surface area contributed by atoms with Crippen molar-refractivity contribution in [2.75, 3.05) is 37.0 Å². The summed E-state index contributed by atoms with van der Waals surface area (Å²) in [6.45, 7) is 9.54. The molecule has 1 N–H and O–H groups in total. The van der Waals surface area contributed by atoms with Crippen LogP contribution in [0.5, 0.6) is 0 Å². The molecule has 0 aliphatic carbocycles. The molecule has 2 rings (SSSR count). The Morgan fingerprint density at radius 1 is 1.33 bits per heavy atom. The second-order valence-corrected chi connectivity index (χ2v) is 5.96. The van der Waals surface area contributed by atoms with E-state index in [0.29, 0.717) is 12.0 Å². The largest absolute Gasteiger partial charge is 0.381 e. The number of anilines is 2. The van der Waals surface area contributed by atoms with Crippen molar-refractivity contribution in [1.82, 2.24) is 9.97 Å². The van der Waals surface area contributed by atoms with Gasteiger partial charge in [-0.25, -0.2) is 9.97 Å². The third-order valence-corrected chi connectivity index (χ3v) is 4.06. The number of piperidine rings is 1. The third-order valence-electron chi connectivity index (χ3n) is 4.06. The van der Waals surface area contributed by atoms with Gasteiger partial charge in [0.1, 0.15) is 18.0 Å². The number of hydrogen-bond donors (Lipinski definition) is 1. The van der Waals surface area contributed by atoms with Crippen LogP contribution < -0.4 is 10.2 Å². The van der Waals surface area contributed by atoms with Crippen molar-refractivity contribution in [2.24, 2.45) is 0 Å². The first kappa shape index (κ1) is 16.0. The van der Waals surface area contributed by atoms with E-state index in [4.69, 9.17) is 4.74 Å². The van der Waals surface area contributed by atoms with Crippen LogP contribution in [0.2, 0.25) is 0 Å². The van der Waals surface area contributed by atoms with Gasteiger partial charge in [0.15, 0.2) is 0 Å². The fourth-order valence-corrected chi connectivity index (χ4v) is 2.86. The number of nitrogens with one attached hydrogen (secondary N) is 1. The maximum atomic E-state index is 5.46. The Bertz CT molecular complexity index is 442. The van der Waals surface area contributed by atoms with Crippen LogP contribution in [0, 0.1) is 0 Å². The predicted octanol–water partition coefficient (Wildman–Crippen LogP) is 3.04. The molecule has 1 aliphatic heterocycles. The van der Waals surface area contributed by atoms with Crippen LogP contribution in [0.4, 0.5) is 11.6 Å². The molecule has 5 nitrogen and oxygen atoms in total. The SMILES string of the molecule is CCCNc1ncnc(N2CCC(OC)CC2)c1C(C)C. The zero-order valence-electron chi connectivity index (χ0n) is 13.7. The van der Waals surface area contributed by atoms with Crippen LogP contribution in [0.1, 0.15) is 51.5 Å². The highest BCUT2D eigenvalue weighted by Crippen LogP contribution is 2.32. The van der Waals surface area contributed by atoms with Gasteiger partial charge in [-0.3, -0.25) is 0 Å². The Hall–Kier alpha value is -1.36. The fraction of sp³-hybridized carbons (Fsp3) is 0.750. The normalized spacial score (nSPS) is 16.5. The van der Waals surface area contributed by atoms with Crippen molar-refractivity contribution in [3.05, 3.63) is 11.9 Å². The van der Waals surface area contributed by atoms with Crippen molar-refractivity contribution >= 4 is 11.6 Å². The van der Waals surface area contributed by atoms with Gasteiger partial charge in [-0.15, -0.1) is 0 Å². The van der Waals surface area contributed by atoms with Crippen LogP contribution in [0.3, 0.4) is 0 Å². The summed E-state index contributed by atoms with van der Waals surface area (Å²) in [6, 6.07) is 0. The van der Waals surface area contributed by atoms with Gasteiger partial charge in [-0.05, 0) is 25.2 Å². The highest BCUT2D eigenvalue weighted by molar-refractivity contribution is 5.60. The second kappa shape index (κ2) is 7.59. The Labute approximate surface area is 128 Å². The van der Waals surface area contributed by atoms with Crippen LogP contribution in [0.15, 0.2) is 6.33 Å². The molecule has 1 fully saturated rings. The summed E-state index contributed by atoms with van der Waals surface area (Å²) in [7, 11) is 1.80. The molecule has 5 heteroatoms. The van der Waals surface area contributed by atoms with Crippen molar-refractivity contribution in [3.8, 4) is 0 Å². The van der Waals surface area contributed by atoms with Gasteiger partial charge < -0.3 is 15.0 Å². The molecular weight excluding hydrogens is 264 g/mol. The van der Waals surface area contributed by atoms with Crippen LogP contribution >= 0.6 is 0 Å². The number of rotatable bonds is 6. The van der Waals surface area contributed by atoms with E-state index in [1.54, 1.807) is 13.4 Å². The van der Waals surface area contributed by atoms with E-state index in [-0.39, 0.29) is 0 Å². The van der Waals surface area contributed by atoms with Crippen molar-refractivity contribution in [3.63, 3.8) is 0 Å². The third kappa shape index (κ3) is 3.84. The van der Waals surface area contributed by atoms with E-state index in [1.165, 1.54) is 5.56 Å². The predicted molar refractivity (Wildman–Crippen MR) is 87.1 cm³/mol. The Kier molecular flexibility index (Phi) is 5.79. The minimum Gasteiger partial charge on any atom is -0.381 e. The lowest BCUT2D eigenvalue weighted by molar-refractivity contribution is 0.0817. The van der Waals surface area contributed by atoms with E-state index in [2.05, 4.69) is 41.0 Å². The van der Waals surface area contributed by atoms with Crippen molar-refractivity contribution in [2.45, 2.75) is 52.1 Å². The number of ether oxygens (including phenoxy) is 1. The summed E-state index contributed by atoms with van der Waals surface area (Å²) in [5.41, 5.74) is 1.24. The first-order valence-electron chi connectivity index (χ1n) is 8.03. The van der Waals surface area contributed by atoms with Gasteiger partial charge >= 0.3 is 0 Å². The van der Waals surface area contributed by atoms with Crippen molar-refractivity contribution < 1.29 is 4.74 Å². The first-order valence-corrected chi connectivity index (χ1v) is 8.03. The van der Waals surface area contributed by atoms with E-state index >= 15 is 0 Å². The minimum atomic E-state index is 0.392. The average molecular weight is 292 g/mol. The van der Waals surface area contributed by atoms with E-state index in [1.807, 2.05) is 0 Å². The molecule has 21 heavy (non-hydrogen) atoms. The maximum absolute atomic E-state index is 5.46. The Morgan fingerprint density at radius 2 is 2.05 bits per heavy atom. The average Bonchev–Trinajstić information content (AvgIpc) is 2.52. The van der Waals surface area contributed by atoms with Crippen molar-refractivity contribution in [1.29, 1.82) is 0 Å². The fourth-order valence-electron chi connectivity index (χ4n) is 2.86. The van der Waals surface area contributed by atoms with E-state index in [0.717, 1.165) is 50.5 Å². The van der Waals surface area contributed by atoms with Gasteiger partial charge in [-0.1, -0.05) is 20.8 Å². The molecule has 1 saturated heterocycles. The molecule has 1 aliphatic rings. The van der Waals surface area contributed by atoms with Crippen LogP contribution in [-0.4, -0.2) is 42.8 Å².